The minimum absolute atomic E-state index is 0.128. The molecule has 0 aliphatic carbocycles. The first kappa shape index (κ1) is 15.3. The molecule has 3 aromatic rings. The van der Waals surface area contributed by atoms with Gasteiger partial charge in [0.25, 0.3) is 10.0 Å². The molecule has 0 unspecified atom stereocenters. The molecule has 0 saturated heterocycles. The topological polar surface area (TPSA) is 90.0 Å². The van der Waals surface area contributed by atoms with Gasteiger partial charge in [-0.2, -0.15) is 0 Å². The highest BCUT2D eigenvalue weighted by molar-refractivity contribution is 7.92. The summed E-state index contributed by atoms with van der Waals surface area (Å²) in [5, 5.41) is 7.86. The number of nitrogens with zero attached hydrogens (tertiary/aromatic N) is 3. The lowest BCUT2D eigenvalue weighted by Crippen LogP contribution is -2.14. The van der Waals surface area contributed by atoms with Crippen molar-refractivity contribution < 1.29 is 12.8 Å². The van der Waals surface area contributed by atoms with Gasteiger partial charge in [-0.15, -0.1) is 10.2 Å². The van der Waals surface area contributed by atoms with E-state index in [2.05, 4.69) is 14.9 Å². The highest BCUT2D eigenvalue weighted by Gasteiger charge is 2.22. The van der Waals surface area contributed by atoms with E-state index < -0.39 is 10.0 Å². The van der Waals surface area contributed by atoms with E-state index in [-0.39, 0.29) is 4.90 Å². The summed E-state index contributed by atoms with van der Waals surface area (Å²) in [6.45, 7) is 3.33. The summed E-state index contributed by atoms with van der Waals surface area (Å²) in [6.07, 6.45) is 1.56. The zero-order chi connectivity index (χ0) is 16.6. The molecule has 0 amide bonds. The van der Waals surface area contributed by atoms with E-state index in [1.165, 1.54) is 6.07 Å². The molecule has 0 radical (unpaired) electrons. The van der Waals surface area contributed by atoms with E-state index in [9.17, 15) is 8.42 Å². The first-order chi connectivity index (χ1) is 10.9. The minimum Gasteiger partial charge on any atom is -0.465 e. The number of benzene rings is 1. The van der Waals surface area contributed by atoms with Gasteiger partial charge in [-0.25, -0.2) is 8.42 Å². The molecule has 7 nitrogen and oxygen atoms in total. The standard InChI is InChI=1S/C15H16N4O3S/c1-10-8-14(11(2)22-10)23(20,21)18-13-7-5-4-6-12(13)15-17-16-9-19(15)3/h4-9,18H,1-3H3. The van der Waals surface area contributed by atoms with Crippen LogP contribution in [0.4, 0.5) is 5.69 Å². The molecule has 0 saturated carbocycles. The number of para-hydroxylation sites is 1. The van der Waals surface area contributed by atoms with Crippen LogP contribution in [0.25, 0.3) is 11.4 Å². The zero-order valence-electron chi connectivity index (χ0n) is 12.9. The lowest BCUT2D eigenvalue weighted by molar-refractivity contribution is 0.496. The molecular weight excluding hydrogens is 316 g/mol. The molecule has 0 bridgehead atoms. The lowest BCUT2D eigenvalue weighted by Gasteiger charge is -2.11. The largest absolute Gasteiger partial charge is 0.465 e. The maximum Gasteiger partial charge on any atom is 0.265 e. The van der Waals surface area contributed by atoms with Gasteiger partial charge in [0.2, 0.25) is 0 Å². The first-order valence-corrected chi connectivity index (χ1v) is 8.40. The van der Waals surface area contributed by atoms with Crippen LogP contribution in [0.3, 0.4) is 0 Å². The number of hydrogen-bond donors (Lipinski definition) is 1. The number of aromatic nitrogens is 3. The Balaban J connectivity index is 2.04. The van der Waals surface area contributed by atoms with Crippen LogP contribution in [0.1, 0.15) is 11.5 Å². The Kier molecular flexibility index (Phi) is 3.69. The Morgan fingerprint density at radius 3 is 2.57 bits per heavy atom. The van der Waals surface area contributed by atoms with Gasteiger partial charge in [-0.1, -0.05) is 12.1 Å². The molecule has 2 aromatic heterocycles. The molecule has 3 rings (SSSR count). The molecule has 2 heterocycles. The molecule has 0 fully saturated rings. The Labute approximate surface area is 134 Å². The van der Waals surface area contributed by atoms with Crippen LogP contribution in [0.15, 0.2) is 46.0 Å². The third-order valence-electron chi connectivity index (χ3n) is 3.41. The van der Waals surface area contributed by atoms with Crippen LogP contribution in [-0.4, -0.2) is 23.2 Å². The van der Waals surface area contributed by atoms with Crippen molar-refractivity contribution in [2.24, 2.45) is 7.05 Å². The van der Waals surface area contributed by atoms with E-state index in [1.54, 1.807) is 50.0 Å². The molecule has 0 aliphatic heterocycles. The van der Waals surface area contributed by atoms with E-state index in [0.717, 1.165) is 0 Å². The van der Waals surface area contributed by atoms with Gasteiger partial charge in [0.05, 0.1) is 5.69 Å². The Bertz CT molecular complexity index is 957. The quantitative estimate of drug-likeness (QED) is 0.793. The van der Waals surface area contributed by atoms with Crippen molar-refractivity contribution in [2.75, 3.05) is 4.72 Å². The second kappa shape index (κ2) is 5.54. The second-order valence-corrected chi connectivity index (χ2v) is 6.84. The molecule has 1 N–H and O–H groups in total. The SMILES string of the molecule is Cc1cc(S(=O)(=O)Nc2ccccc2-c2nncn2C)c(C)o1. The maximum atomic E-state index is 12.6. The van der Waals surface area contributed by atoms with Crippen molar-refractivity contribution in [3.63, 3.8) is 0 Å². The highest BCUT2D eigenvalue weighted by atomic mass is 32.2. The summed E-state index contributed by atoms with van der Waals surface area (Å²) in [5.41, 5.74) is 1.08. The maximum absolute atomic E-state index is 12.6. The Morgan fingerprint density at radius 1 is 1.22 bits per heavy atom. The van der Waals surface area contributed by atoms with Gasteiger partial charge in [0.15, 0.2) is 5.82 Å². The summed E-state index contributed by atoms with van der Waals surface area (Å²) in [6, 6.07) is 8.54. The number of anilines is 1. The van der Waals surface area contributed by atoms with E-state index in [1.807, 2.05) is 6.07 Å². The Morgan fingerprint density at radius 2 is 1.96 bits per heavy atom. The van der Waals surface area contributed by atoms with Gasteiger partial charge in [-0.3, -0.25) is 4.72 Å². The minimum atomic E-state index is -3.75. The summed E-state index contributed by atoms with van der Waals surface area (Å²) in [5.74, 6) is 1.47. The second-order valence-electron chi connectivity index (χ2n) is 5.19. The van der Waals surface area contributed by atoms with Gasteiger partial charge in [-0.05, 0) is 26.0 Å². The Hall–Kier alpha value is -2.61. The molecule has 0 spiro atoms. The fourth-order valence-corrected chi connectivity index (χ4v) is 3.69. The van der Waals surface area contributed by atoms with Crippen molar-refractivity contribution in [1.82, 2.24) is 14.8 Å². The van der Waals surface area contributed by atoms with Gasteiger partial charge in [0, 0.05) is 18.7 Å². The predicted octanol–water partition coefficient (Wildman–Crippen LogP) is 2.49. The smallest absolute Gasteiger partial charge is 0.265 e. The van der Waals surface area contributed by atoms with Crippen molar-refractivity contribution in [3.8, 4) is 11.4 Å². The molecular formula is C15H16N4O3S. The summed E-state index contributed by atoms with van der Waals surface area (Å²) < 4.78 is 34.9. The van der Waals surface area contributed by atoms with Crippen molar-refractivity contribution in [2.45, 2.75) is 18.7 Å². The number of aryl methyl sites for hydroxylation is 3. The number of rotatable bonds is 4. The van der Waals surface area contributed by atoms with Crippen LogP contribution in [0, 0.1) is 13.8 Å². The summed E-state index contributed by atoms with van der Waals surface area (Å²) >= 11 is 0. The van der Waals surface area contributed by atoms with Crippen molar-refractivity contribution >= 4 is 15.7 Å². The molecule has 120 valence electrons. The predicted molar refractivity (Wildman–Crippen MR) is 85.4 cm³/mol. The first-order valence-electron chi connectivity index (χ1n) is 6.92. The van der Waals surface area contributed by atoms with Gasteiger partial charge < -0.3 is 8.98 Å². The van der Waals surface area contributed by atoms with Crippen LogP contribution in [0.2, 0.25) is 0 Å². The van der Waals surface area contributed by atoms with E-state index in [0.29, 0.717) is 28.6 Å². The van der Waals surface area contributed by atoms with Crippen LogP contribution >= 0.6 is 0 Å². The van der Waals surface area contributed by atoms with Crippen LogP contribution < -0.4 is 4.72 Å². The molecule has 23 heavy (non-hydrogen) atoms. The van der Waals surface area contributed by atoms with Crippen molar-refractivity contribution in [1.29, 1.82) is 0 Å². The van der Waals surface area contributed by atoms with Crippen molar-refractivity contribution in [3.05, 3.63) is 48.2 Å². The summed E-state index contributed by atoms with van der Waals surface area (Å²) in [4.78, 5) is 0.128. The summed E-state index contributed by atoms with van der Waals surface area (Å²) in [7, 11) is -1.95. The number of hydrogen-bond acceptors (Lipinski definition) is 5. The van der Waals surface area contributed by atoms with E-state index >= 15 is 0 Å². The number of furan rings is 1. The third-order valence-corrected chi connectivity index (χ3v) is 4.88. The molecule has 1 aromatic carbocycles. The lowest BCUT2D eigenvalue weighted by atomic mass is 10.2. The average Bonchev–Trinajstić information content (AvgIpc) is 3.05. The average molecular weight is 332 g/mol. The monoisotopic (exact) mass is 332 g/mol. The zero-order valence-corrected chi connectivity index (χ0v) is 13.8. The fourth-order valence-electron chi connectivity index (χ4n) is 2.37. The number of nitrogens with one attached hydrogen (secondary N) is 1. The highest BCUT2D eigenvalue weighted by Crippen LogP contribution is 2.29. The fraction of sp³-hybridized carbons (Fsp3) is 0.200. The van der Waals surface area contributed by atoms with Gasteiger partial charge in [0.1, 0.15) is 22.7 Å². The molecule has 8 heteroatoms. The normalized spacial score (nSPS) is 11.6. The molecule has 0 aliphatic rings. The van der Waals surface area contributed by atoms with Gasteiger partial charge >= 0.3 is 0 Å². The van der Waals surface area contributed by atoms with E-state index in [4.69, 9.17) is 4.42 Å². The third kappa shape index (κ3) is 2.85. The number of sulfonamides is 1. The van der Waals surface area contributed by atoms with Crippen LogP contribution in [-0.2, 0) is 17.1 Å². The van der Waals surface area contributed by atoms with Crippen LogP contribution in [0.5, 0.6) is 0 Å². The molecule has 0 atom stereocenters.